The van der Waals surface area contributed by atoms with Crippen molar-refractivity contribution in [2.24, 2.45) is 0 Å². The van der Waals surface area contributed by atoms with Gasteiger partial charge in [0.15, 0.2) is 0 Å². The van der Waals surface area contributed by atoms with Gasteiger partial charge in [0.1, 0.15) is 0 Å². The van der Waals surface area contributed by atoms with E-state index in [9.17, 15) is 5.11 Å². The van der Waals surface area contributed by atoms with Crippen LogP contribution in [0.2, 0.25) is 10.0 Å². The topological polar surface area (TPSA) is 23.5 Å². The van der Waals surface area contributed by atoms with Crippen LogP contribution in [0, 0.1) is 0 Å². The van der Waals surface area contributed by atoms with Crippen LogP contribution in [0.4, 0.5) is 0 Å². The van der Waals surface area contributed by atoms with Crippen LogP contribution in [0.25, 0.3) is 0 Å². The molecule has 1 aromatic carbocycles. The molecule has 0 radical (unpaired) electrons. The second kappa shape index (κ2) is 8.00. The van der Waals surface area contributed by atoms with Crippen LogP contribution in [-0.2, 0) is 0 Å². The fourth-order valence-electron chi connectivity index (χ4n) is 2.00. The summed E-state index contributed by atoms with van der Waals surface area (Å²) in [5.41, 5.74) is 0.821. The minimum absolute atomic E-state index is 0.491. The Morgan fingerprint density at radius 2 is 1.72 bits per heavy atom. The number of rotatable bonds is 7. The van der Waals surface area contributed by atoms with E-state index in [0.717, 1.165) is 31.5 Å². The Kier molecular flexibility index (Phi) is 7.02. The van der Waals surface area contributed by atoms with Gasteiger partial charge in [0, 0.05) is 6.54 Å². The van der Waals surface area contributed by atoms with Crippen molar-refractivity contribution in [3.63, 3.8) is 0 Å². The van der Waals surface area contributed by atoms with Crippen molar-refractivity contribution in [3.8, 4) is 0 Å². The molecular formula is C14H21Cl2NO. The second-order valence-electron chi connectivity index (χ2n) is 4.49. The maximum Gasteiger partial charge on any atom is 0.0917 e. The summed E-state index contributed by atoms with van der Waals surface area (Å²) in [6.45, 7) is 6.94. The van der Waals surface area contributed by atoms with Gasteiger partial charge in [0.2, 0.25) is 0 Å². The monoisotopic (exact) mass is 289 g/mol. The molecule has 0 saturated heterocycles. The summed E-state index contributed by atoms with van der Waals surface area (Å²) in [6, 6.07) is 5.30. The molecule has 0 aliphatic heterocycles. The molecular weight excluding hydrogens is 269 g/mol. The zero-order chi connectivity index (χ0) is 13.5. The molecule has 2 nitrogen and oxygen atoms in total. The molecule has 18 heavy (non-hydrogen) atoms. The first-order valence-corrected chi connectivity index (χ1v) is 7.19. The Hall–Kier alpha value is -0.280. The molecule has 0 spiro atoms. The van der Waals surface area contributed by atoms with E-state index in [-0.39, 0.29) is 0 Å². The van der Waals surface area contributed by atoms with Crippen LogP contribution in [-0.4, -0.2) is 29.6 Å². The van der Waals surface area contributed by atoms with Gasteiger partial charge in [-0.25, -0.2) is 0 Å². The number of hydrogen-bond donors (Lipinski definition) is 1. The normalized spacial score (nSPS) is 13.0. The lowest BCUT2D eigenvalue weighted by molar-refractivity contribution is 0.113. The number of aliphatic hydroxyl groups is 1. The number of nitrogens with zero attached hydrogens (tertiary/aromatic N) is 1. The van der Waals surface area contributed by atoms with Gasteiger partial charge in [-0.2, -0.15) is 0 Å². The van der Waals surface area contributed by atoms with Gasteiger partial charge in [-0.05, 0) is 43.6 Å². The highest BCUT2D eigenvalue weighted by atomic mass is 35.5. The van der Waals surface area contributed by atoms with Gasteiger partial charge in [-0.1, -0.05) is 43.1 Å². The molecule has 0 aliphatic rings. The fraction of sp³-hybridized carbons (Fsp3) is 0.571. The predicted octanol–water partition coefficient (Wildman–Crippen LogP) is 4.15. The number of aliphatic hydroxyl groups excluding tert-OH is 1. The van der Waals surface area contributed by atoms with Crippen molar-refractivity contribution in [2.75, 3.05) is 19.6 Å². The van der Waals surface area contributed by atoms with Crippen LogP contribution < -0.4 is 0 Å². The summed E-state index contributed by atoms with van der Waals surface area (Å²) in [7, 11) is 0. The molecule has 1 aromatic rings. The van der Waals surface area contributed by atoms with Crippen LogP contribution in [0.1, 0.15) is 38.4 Å². The molecule has 1 N–H and O–H groups in total. The third-order valence-corrected chi connectivity index (χ3v) is 3.58. The lowest BCUT2D eigenvalue weighted by Gasteiger charge is -2.24. The molecule has 0 fully saturated rings. The Bertz CT molecular complexity index is 365. The van der Waals surface area contributed by atoms with E-state index < -0.39 is 6.10 Å². The molecule has 0 aromatic heterocycles. The average molecular weight is 290 g/mol. The average Bonchev–Trinajstić information content (AvgIpc) is 2.33. The van der Waals surface area contributed by atoms with Gasteiger partial charge in [0.05, 0.1) is 16.1 Å². The third kappa shape index (κ3) is 4.77. The molecule has 4 heteroatoms. The van der Waals surface area contributed by atoms with Crippen molar-refractivity contribution in [2.45, 2.75) is 32.8 Å². The molecule has 0 saturated carbocycles. The number of benzene rings is 1. The summed E-state index contributed by atoms with van der Waals surface area (Å²) in [5.74, 6) is 0. The van der Waals surface area contributed by atoms with E-state index >= 15 is 0 Å². The van der Waals surface area contributed by atoms with Crippen LogP contribution in [0.5, 0.6) is 0 Å². The van der Waals surface area contributed by atoms with Gasteiger partial charge >= 0.3 is 0 Å². The Morgan fingerprint density at radius 1 is 1.11 bits per heavy atom. The molecule has 0 aliphatic carbocycles. The van der Waals surface area contributed by atoms with Crippen molar-refractivity contribution in [1.82, 2.24) is 4.90 Å². The van der Waals surface area contributed by atoms with Crippen molar-refractivity contribution < 1.29 is 5.11 Å². The van der Waals surface area contributed by atoms with Gasteiger partial charge in [-0.3, -0.25) is 0 Å². The molecule has 1 atom stereocenters. The van der Waals surface area contributed by atoms with Gasteiger partial charge in [0.25, 0.3) is 0 Å². The zero-order valence-electron chi connectivity index (χ0n) is 11.0. The van der Waals surface area contributed by atoms with Crippen molar-refractivity contribution in [1.29, 1.82) is 0 Å². The highest BCUT2D eigenvalue weighted by molar-refractivity contribution is 6.42. The van der Waals surface area contributed by atoms with Crippen LogP contribution >= 0.6 is 23.2 Å². The minimum Gasteiger partial charge on any atom is -0.387 e. The lowest BCUT2D eigenvalue weighted by Crippen LogP contribution is -2.30. The first-order valence-electron chi connectivity index (χ1n) is 6.43. The molecule has 0 bridgehead atoms. The van der Waals surface area contributed by atoms with Gasteiger partial charge < -0.3 is 10.0 Å². The molecule has 102 valence electrons. The summed E-state index contributed by atoms with van der Waals surface area (Å²) in [5, 5.41) is 11.2. The Labute approximate surface area is 120 Å². The van der Waals surface area contributed by atoms with E-state index in [1.54, 1.807) is 12.1 Å². The maximum absolute atomic E-state index is 10.2. The van der Waals surface area contributed by atoms with E-state index in [2.05, 4.69) is 18.7 Å². The minimum atomic E-state index is -0.516. The van der Waals surface area contributed by atoms with Crippen LogP contribution in [0.15, 0.2) is 18.2 Å². The molecule has 1 unspecified atom stereocenters. The highest BCUT2D eigenvalue weighted by Gasteiger charge is 2.13. The zero-order valence-corrected chi connectivity index (χ0v) is 12.5. The molecule has 1 rings (SSSR count). The lowest BCUT2D eigenvalue weighted by atomic mass is 10.1. The van der Waals surface area contributed by atoms with Crippen molar-refractivity contribution >= 4 is 23.2 Å². The first kappa shape index (κ1) is 15.8. The number of hydrogen-bond acceptors (Lipinski definition) is 2. The second-order valence-corrected chi connectivity index (χ2v) is 5.30. The SMILES string of the molecule is CCCN(CCC)CC(O)c1ccc(Cl)c(Cl)c1. The summed E-state index contributed by atoms with van der Waals surface area (Å²) in [4.78, 5) is 2.27. The largest absolute Gasteiger partial charge is 0.387 e. The van der Waals surface area contributed by atoms with Crippen molar-refractivity contribution in [3.05, 3.63) is 33.8 Å². The standard InChI is InChI=1S/C14H21Cl2NO/c1-3-7-17(8-4-2)10-14(18)11-5-6-12(15)13(16)9-11/h5-6,9,14,18H,3-4,7-8,10H2,1-2H3. The number of halogens is 2. The molecule has 0 heterocycles. The van der Waals surface area contributed by atoms with E-state index in [1.165, 1.54) is 0 Å². The van der Waals surface area contributed by atoms with Gasteiger partial charge in [-0.15, -0.1) is 0 Å². The third-order valence-electron chi connectivity index (χ3n) is 2.84. The maximum atomic E-state index is 10.2. The van der Waals surface area contributed by atoms with Crippen LogP contribution in [0.3, 0.4) is 0 Å². The van der Waals surface area contributed by atoms with E-state index in [4.69, 9.17) is 23.2 Å². The fourth-order valence-corrected chi connectivity index (χ4v) is 2.30. The van der Waals surface area contributed by atoms with E-state index in [0.29, 0.717) is 16.6 Å². The quantitative estimate of drug-likeness (QED) is 0.815. The smallest absolute Gasteiger partial charge is 0.0917 e. The Balaban J connectivity index is 2.67. The highest BCUT2D eigenvalue weighted by Crippen LogP contribution is 2.26. The van der Waals surface area contributed by atoms with E-state index in [1.807, 2.05) is 6.07 Å². The first-order chi connectivity index (χ1) is 8.58. The molecule has 0 amide bonds. The summed E-state index contributed by atoms with van der Waals surface area (Å²) in [6.07, 6.45) is 1.67. The Morgan fingerprint density at radius 3 is 2.22 bits per heavy atom. The summed E-state index contributed by atoms with van der Waals surface area (Å²) < 4.78 is 0. The predicted molar refractivity (Wildman–Crippen MR) is 78.4 cm³/mol. The summed E-state index contributed by atoms with van der Waals surface area (Å²) >= 11 is 11.8.